The maximum atomic E-state index is 11.7. The highest BCUT2D eigenvalue weighted by molar-refractivity contribution is 5.96. The molecule has 9 nitrogen and oxygen atoms in total. The van der Waals surface area contributed by atoms with Gasteiger partial charge in [0.25, 0.3) is 5.69 Å². The number of aliphatic carboxylic acids is 1. The fraction of sp³-hybridized carbons (Fsp3) is 0.273. The van der Waals surface area contributed by atoms with E-state index in [9.17, 15) is 19.7 Å². The standard InChI is InChI=1S/C11H13N3O6/c12-7(2-4-10(16)17)11(18)13-8-3-1-6(15)5-9(8)14(19)20/h1,3,5,7,15H,2,4,12H2,(H,13,18)(H,16,17). The average molecular weight is 283 g/mol. The van der Waals surface area contributed by atoms with E-state index in [-0.39, 0.29) is 24.3 Å². The number of nitro groups is 1. The lowest BCUT2D eigenvalue weighted by atomic mass is 10.1. The second kappa shape index (κ2) is 6.48. The van der Waals surface area contributed by atoms with E-state index in [1.54, 1.807) is 0 Å². The van der Waals surface area contributed by atoms with Crippen molar-refractivity contribution in [2.75, 3.05) is 5.32 Å². The topological polar surface area (TPSA) is 156 Å². The van der Waals surface area contributed by atoms with E-state index >= 15 is 0 Å². The van der Waals surface area contributed by atoms with Gasteiger partial charge >= 0.3 is 5.97 Å². The second-order valence-electron chi connectivity index (χ2n) is 3.99. The zero-order valence-electron chi connectivity index (χ0n) is 10.3. The van der Waals surface area contributed by atoms with Crippen molar-refractivity contribution in [3.05, 3.63) is 28.3 Å². The summed E-state index contributed by atoms with van der Waals surface area (Å²) in [7, 11) is 0. The van der Waals surface area contributed by atoms with Gasteiger partial charge in [0.15, 0.2) is 0 Å². The van der Waals surface area contributed by atoms with Gasteiger partial charge < -0.3 is 21.3 Å². The molecule has 0 aliphatic heterocycles. The van der Waals surface area contributed by atoms with Gasteiger partial charge in [-0.15, -0.1) is 0 Å². The van der Waals surface area contributed by atoms with Crippen LogP contribution in [0.15, 0.2) is 18.2 Å². The second-order valence-corrected chi connectivity index (χ2v) is 3.99. The van der Waals surface area contributed by atoms with Crippen molar-refractivity contribution >= 4 is 23.3 Å². The van der Waals surface area contributed by atoms with E-state index in [0.29, 0.717) is 0 Å². The zero-order chi connectivity index (χ0) is 15.3. The van der Waals surface area contributed by atoms with Crippen LogP contribution in [0.2, 0.25) is 0 Å². The first-order chi connectivity index (χ1) is 9.31. The Morgan fingerprint density at radius 3 is 2.65 bits per heavy atom. The highest BCUT2D eigenvalue weighted by Crippen LogP contribution is 2.28. The Morgan fingerprint density at radius 2 is 2.10 bits per heavy atom. The van der Waals surface area contributed by atoms with Gasteiger partial charge in [0.1, 0.15) is 11.4 Å². The minimum Gasteiger partial charge on any atom is -0.508 e. The van der Waals surface area contributed by atoms with Crippen molar-refractivity contribution in [2.24, 2.45) is 5.73 Å². The molecule has 0 aliphatic carbocycles. The summed E-state index contributed by atoms with van der Waals surface area (Å²) in [6, 6.07) is 2.12. The first-order valence-electron chi connectivity index (χ1n) is 5.57. The van der Waals surface area contributed by atoms with Crippen molar-refractivity contribution in [3.63, 3.8) is 0 Å². The molecule has 20 heavy (non-hydrogen) atoms. The number of rotatable bonds is 6. The number of phenols is 1. The first-order valence-corrected chi connectivity index (χ1v) is 5.57. The molecule has 0 aromatic heterocycles. The number of nitrogens with two attached hydrogens (primary N) is 1. The maximum Gasteiger partial charge on any atom is 0.303 e. The van der Waals surface area contributed by atoms with Crippen LogP contribution in [0.25, 0.3) is 0 Å². The predicted octanol–water partition coefficient (Wildman–Crippen LogP) is 0.431. The lowest BCUT2D eigenvalue weighted by Crippen LogP contribution is -2.36. The summed E-state index contributed by atoms with van der Waals surface area (Å²) in [5, 5.41) is 30.7. The Balaban J connectivity index is 2.80. The van der Waals surface area contributed by atoms with Crippen LogP contribution in [0, 0.1) is 10.1 Å². The minimum atomic E-state index is -1.10. The number of hydrogen-bond donors (Lipinski definition) is 4. The molecule has 0 saturated heterocycles. The monoisotopic (exact) mass is 283 g/mol. The van der Waals surface area contributed by atoms with Crippen LogP contribution in [-0.4, -0.2) is 33.1 Å². The quantitative estimate of drug-likeness (QED) is 0.335. The number of phenolic OH excluding ortho intramolecular Hbond substituents is 1. The molecule has 0 radical (unpaired) electrons. The lowest BCUT2D eigenvalue weighted by Gasteiger charge is -2.11. The minimum absolute atomic E-state index is 0.0902. The number of nitrogens with zero attached hydrogens (tertiary/aromatic N) is 1. The third-order valence-electron chi connectivity index (χ3n) is 2.44. The number of carbonyl (C=O) groups is 2. The van der Waals surface area contributed by atoms with Gasteiger partial charge in [-0.25, -0.2) is 0 Å². The largest absolute Gasteiger partial charge is 0.508 e. The van der Waals surface area contributed by atoms with Crippen LogP contribution >= 0.6 is 0 Å². The normalized spacial score (nSPS) is 11.7. The molecule has 0 fully saturated rings. The molecule has 1 aromatic rings. The van der Waals surface area contributed by atoms with Gasteiger partial charge in [0, 0.05) is 6.42 Å². The first kappa shape index (κ1) is 15.4. The number of carboxylic acids is 1. The van der Waals surface area contributed by atoms with E-state index in [1.807, 2.05) is 0 Å². The SMILES string of the molecule is NC(CCC(=O)O)C(=O)Nc1ccc(O)cc1[N+](=O)[O-]. The van der Waals surface area contributed by atoms with Gasteiger partial charge in [-0.1, -0.05) is 0 Å². The smallest absolute Gasteiger partial charge is 0.303 e. The molecule has 0 aliphatic rings. The molecule has 1 unspecified atom stereocenters. The number of nitrogens with one attached hydrogen (secondary N) is 1. The van der Waals surface area contributed by atoms with Crippen LogP contribution in [0.4, 0.5) is 11.4 Å². The number of aromatic hydroxyl groups is 1. The molecule has 1 amide bonds. The van der Waals surface area contributed by atoms with Gasteiger partial charge in [-0.3, -0.25) is 19.7 Å². The number of benzene rings is 1. The number of hydrogen-bond acceptors (Lipinski definition) is 6. The molecule has 1 atom stereocenters. The average Bonchev–Trinajstić information content (AvgIpc) is 2.37. The Kier molecular flexibility index (Phi) is 4.98. The molecule has 9 heteroatoms. The Morgan fingerprint density at radius 1 is 1.45 bits per heavy atom. The summed E-state index contributed by atoms with van der Waals surface area (Å²) in [6.07, 6.45) is -0.376. The number of nitro benzene ring substituents is 1. The van der Waals surface area contributed by atoms with Crippen LogP contribution in [0.5, 0.6) is 5.75 Å². The summed E-state index contributed by atoms with van der Waals surface area (Å²) in [4.78, 5) is 32.0. The summed E-state index contributed by atoms with van der Waals surface area (Å²) in [6.45, 7) is 0. The van der Waals surface area contributed by atoms with Crippen LogP contribution in [-0.2, 0) is 9.59 Å². The molecule has 1 aromatic carbocycles. The van der Waals surface area contributed by atoms with Crippen LogP contribution < -0.4 is 11.1 Å². The highest BCUT2D eigenvalue weighted by atomic mass is 16.6. The van der Waals surface area contributed by atoms with Crippen molar-refractivity contribution in [1.29, 1.82) is 0 Å². The third kappa shape index (κ3) is 4.21. The summed E-state index contributed by atoms with van der Waals surface area (Å²) >= 11 is 0. The van der Waals surface area contributed by atoms with E-state index < -0.39 is 28.5 Å². The Labute approximate surface area is 113 Å². The van der Waals surface area contributed by atoms with Gasteiger partial charge in [-0.2, -0.15) is 0 Å². The number of anilines is 1. The maximum absolute atomic E-state index is 11.7. The van der Waals surface area contributed by atoms with Crippen molar-refractivity contribution in [3.8, 4) is 5.75 Å². The van der Waals surface area contributed by atoms with Gasteiger partial charge in [0.05, 0.1) is 17.0 Å². The van der Waals surface area contributed by atoms with Crippen molar-refractivity contribution in [2.45, 2.75) is 18.9 Å². The molecular weight excluding hydrogens is 270 g/mol. The van der Waals surface area contributed by atoms with Crippen LogP contribution in [0.1, 0.15) is 12.8 Å². The molecule has 0 spiro atoms. The fourth-order valence-electron chi connectivity index (χ4n) is 1.41. The summed E-state index contributed by atoms with van der Waals surface area (Å²) < 4.78 is 0. The van der Waals surface area contributed by atoms with E-state index in [1.165, 1.54) is 6.07 Å². The van der Waals surface area contributed by atoms with Gasteiger partial charge in [0.2, 0.25) is 5.91 Å². The Hall–Kier alpha value is -2.68. The molecule has 108 valence electrons. The van der Waals surface area contributed by atoms with E-state index in [2.05, 4.69) is 5.32 Å². The molecule has 0 bridgehead atoms. The molecule has 0 saturated carbocycles. The van der Waals surface area contributed by atoms with Crippen molar-refractivity contribution in [1.82, 2.24) is 0 Å². The number of carboxylic acid groups (broad SMARTS) is 1. The summed E-state index contributed by atoms with van der Waals surface area (Å²) in [5.41, 5.74) is 4.87. The fourth-order valence-corrected chi connectivity index (χ4v) is 1.41. The lowest BCUT2D eigenvalue weighted by molar-refractivity contribution is -0.384. The predicted molar refractivity (Wildman–Crippen MR) is 68.2 cm³/mol. The molecular formula is C11H13N3O6. The van der Waals surface area contributed by atoms with E-state index in [0.717, 1.165) is 12.1 Å². The Bertz CT molecular complexity index is 545. The number of amides is 1. The van der Waals surface area contributed by atoms with Crippen molar-refractivity contribution < 1.29 is 24.7 Å². The van der Waals surface area contributed by atoms with Gasteiger partial charge in [-0.05, 0) is 18.6 Å². The van der Waals surface area contributed by atoms with Crippen LogP contribution in [0.3, 0.4) is 0 Å². The third-order valence-corrected chi connectivity index (χ3v) is 2.44. The zero-order valence-corrected chi connectivity index (χ0v) is 10.3. The number of carbonyl (C=O) groups excluding carboxylic acids is 1. The molecule has 0 heterocycles. The summed E-state index contributed by atoms with van der Waals surface area (Å²) in [5.74, 6) is -2.14. The van der Waals surface area contributed by atoms with E-state index in [4.69, 9.17) is 15.9 Å². The molecule has 5 N–H and O–H groups in total. The molecule has 1 rings (SSSR count). The highest BCUT2D eigenvalue weighted by Gasteiger charge is 2.20.